The molecule has 0 saturated carbocycles. The fourth-order valence-corrected chi connectivity index (χ4v) is 2.44. The quantitative estimate of drug-likeness (QED) is 0.735. The molecule has 0 bridgehead atoms. The molecule has 1 heterocycles. The molecule has 0 N–H and O–H groups in total. The summed E-state index contributed by atoms with van der Waals surface area (Å²) in [4.78, 5) is 0. The maximum Gasteiger partial charge on any atom is 0.174 e. The Kier molecular flexibility index (Phi) is 3.67. The fourth-order valence-electron chi connectivity index (χ4n) is 2.44. The van der Waals surface area contributed by atoms with Crippen LogP contribution in [-0.2, 0) is 6.42 Å². The Hall–Kier alpha value is -3.00. The Balaban J connectivity index is 2.15. The van der Waals surface area contributed by atoms with Gasteiger partial charge in [0.25, 0.3) is 0 Å². The zero-order valence-electron chi connectivity index (χ0n) is 12.3. The van der Waals surface area contributed by atoms with Crippen molar-refractivity contribution in [3.05, 3.63) is 42.0 Å². The number of hydrogen-bond donors (Lipinski definition) is 0. The van der Waals surface area contributed by atoms with Crippen LogP contribution in [0.3, 0.4) is 0 Å². The van der Waals surface area contributed by atoms with Gasteiger partial charge in [0, 0.05) is 5.56 Å². The third-order valence-electron chi connectivity index (χ3n) is 3.51. The number of methoxy groups -OCH3 is 2. The average molecular weight is 294 g/mol. The second-order valence-electron chi connectivity index (χ2n) is 4.73. The highest BCUT2D eigenvalue weighted by atomic mass is 16.5. The number of benzene rings is 2. The lowest BCUT2D eigenvalue weighted by Crippen LogP contribution is -1.90. The van der Waals surface area contributed by atoms with E-state index in [2.05, 4.69) is 11.2 Å². The van der Waals surface area contributed by atoms with Crippen molar-refractivity contribution >= 4 is 10.9 Å². The number of ether oxygens (including phenoxy) is 2. The van der Waals surface area contributed by atoms with Crippen LogP contribution in [0.25, 0.3) is 22.2 Å². The summed E-state index contributed by atoms with van der Waals surface area (Å²) in [5.41, 5.74) is 2.42. The van der Waals surface area contributed by atoms with Crippen LogP contribution >= 0.6 is 0 Å². The topological polar surface area (TPSA) is 68.3 Å². The van der Waals surface area contributed by atoms with Crippen molar-refractivity contribution < 1.29 is 14.0 Å². The summed E-state index contributed by atoms with van der Waals surface area (Å²) in [6.45, 7) is 0. The molecule has 0 amide bonds. The molecule has 0 aliphatic heterocycles. The maximum absolute atomic E-state index is 8.89. The maximum atomic E-state index is 8.89. The molecule has 2 aromatic carbocycles. The van der Waals surface area contributed by atoms with Crippen molar-refractivity contribution in [3.63, 3.8) is 0 Å². The summed E-state index contributed by atoms with van der Waals surface area (Å²) >= 11 is 0. The van der Waals surface area contributed by atoms with Crippen molar-refractivity contribution in [1.82, 2.24) is 5.16 Å². The van der Waals surface area contributed by atoms with Crippen LogP contribution in [0.5, 0.6) is 11.5 Å². The molecular formula is C17H14N2O3. The molecule has 0 spiro atoms. The first-order valence-corrected chi connectivity index (χ1v) is 6.75. The van der Waals surface area contributed by atoms with Crippen molar-refractivity contribution in [2.24, 2.45) is 0 Å². The van der Waals surface area contributed by atoms with E-state index in [1.54, 1.807) is 14.2 Å². The number of nitriles is 1. The molecule has 110 valence electrons. The fraction of sp³-hybridized carbons (Fsp3) is 0.176. The van der Waals surface area contributed by atoms with Gasteiger partial charge in [-0.2, -0.15) is 5.26 Å². The van der Waals surface area contributed by atoms with E-state index in [1.165, 1.54) is 0 Å². The van der Waals surface area contributed by atoms with Gasteiger partial charge in [-0.3, -0.25) is 0 Å². The minimum Gasteiger partial charge on any atom is -0.493 e. The summed E-state index contributed by atoms with van der Waals surface area (Å²) in [6.07, 6.45) is 0.301. The van der Waals surface area contributed by atoms with Gasteiger partial charge in [0.2, 0.25) is 0 Å². The molecule has 1 aromatic heterocycles. The Labute approximate surface area is 127 Å². The van der Waals surface area contributed by atoms with Gasteiger partial charge in [0.05, 0.1) is 32.1 Å². The van der Waals surface area contributed by atoms with Gasteiger partial charge in [-0.1, -0.05) is 17.3 Å². The Morgan fingerprint density at radius 3 is 2.68 bits per heavy atom. The smallest absolute Gasteiger partial charge is 0.174 e. The van der Waals surface area contributed by atoms with Gasteiger partial charge >= 0.3 is 0 Å². The van der Waals surface area contributed by atoms with Gasteiger partial charge in [0.1, 0.15) is 5.52 Å². The van der Waals surface area contributed by atoms with Crippen LogP contribution in [-0.4, -0.2) is 19.4 Å². The first-order chi connectivity index (χ1) is 10.8. The highest BCUT2D eigenvalue weighted by Crippen LogP contribution is 2.36. The highest BCUT2D eigenvalue weighted by Gasteiger charge is 2.15. The van der Waals surface area contributed by atoms with Gasteiger partial charge in [-0.05, 0) is 29.8 Å². The first-order valence-electron chi connectivity index (χ1n) is 6.75. The summed E-state index contributed by atoms with van der Waals surface area (Å²) < 4.78 is 16.1. The van der Waals surface area contributed by atoms with Crippen LogP contribution in [0.2, 0.25) is 0 Å². The number of fused-ring (bicyclic) bond motifs is 1. The Morgan fingerprint density at radius 2 is 1.95 bits per heavy atom. The predicted octanol–water partition coefficient (Wildman–Crippen LogP) is 3.58. The van der Waals surface area contributed by atoms with E-state index in [-0.39, 0.29) is 0 Å². The molecule has 0 aliphatic carbocycles. The van der Waals surface area contributed by atoms with E-state index in [1.807, 2.05) is 36.4 Å². The second kappa shape index (κ2) is 5.78. The van der Waals surface area contributed by atoms with Crippen molar-refractivity contribution in [2.75, 3.05) is 14.2 Å². The third kappa shape index (κ3) is 2.25. The van der Waals surface area contributed by atoms with Crippen molar-refractivity contribution in [1.29, 1.82) is 5.26 Å². The van der Waals surface area contributed by atoms with Crippen LogP contribution in [0.15, 0.2) is 40.9 Å². The van der Waals surface area contributed by atoms with Crippen molar-refractivity contribution in [3.8, 4) is 28.9 Å². The van der Waals surface area contributed by atoms with E-state index < -0.39 is 0 Å². The molecule has 5 nitrogen and oxygen atoms in total. The lowest BCUT2D eigenvalue weighted by molar-refractivity contribution is 0.355. The lowest BCUT2D eigenvalue weighted by atomic mass is 10.0. The van der Waals surface area contributed by atoms with Gasteiger partial charge in [-0.25, -0.2) is 0 Å². The number of hydrogen-bond acceptors (Lipinski definition) is 5. The minimum absolute atomic E-state index is 0.301. The molecule has 5 heteroatoms. The molecule has 0 fully saturated rings. The summed E-state index contributed by atoms with van der Waals surface area (Å²) in [5, 5.41) is 13.9. The predicted molar refractivity (Wildman–Crippen MR) is 81.9 cm³/mol. The summed E-state index contributed by atoms with van der Waals surface area (Å²) in [6, 6.07) is 13.4. The lowest BCUT2D eigenvalue weighted by Gasteiger charge is -2.08. The van der Waals surface area contributed by atoms with Crippen LogP contribution in [0, 0.1) is 11.3 Å². The first kappa shape index (κ1) is 14.0. The number of aromatic nitrogens is 1. The van der Waals surface area contributed by atoms with Gasteiger partial charge in [0.15, 0.2) is 17.3 Å². The Bertz CT molecular complexity index is 862. The van der Waals surface area contributed by atoms with Gasteiger partial charge < -0.3 is 14.0 Å². The molecular weight excluding hydrogens is 280 g/mol. The molecule has 0 radical (unpaired) electrons. The Morgan fingerprint density at radius 1 is 1.14 bits per heavy atom. The molecule has 0 aliphatic rings. The zero-order valence-corrected chi connectivity index (χ0v) is 12.3. The molecule has 0 unspecified atom stereocenters. The van der Waals surface area contributed by atoms with E-state index in [0.29, 0.717) is 29.2 Å². The van der Waals surface area contributed by atoms with Crippen LogP contribution in [0.4, 0.5) is 0 Å². The van der Waals surface area contributed by atoms with E-state index in [4.69, 9.17) is 19.3 Å². The SMILES string of the molecule is COc1ccc(-c2onc3c(CC#N)cccc23)cc1OC. The number of rotatable bonds is 4. The second-order valence-corrected chi connectivity index (χ2v) is 4.73. The largest absolute Gasteiger partial charge is 0.493 e. The molecule has 0 atom stereocenters. The monoisotopic (exact) mass is 294 g/mol. The average Bonchev–Trinajstić information content (AvgIpc) is 2.99. The van der Waals surface area contributed by atoms with Crippen LogP contribution in [0.1, 0.15) is 5.56 Å². The zero-order chi connectivity index (χ0) is 15.5. The van der Waals surface area contributed by atoms with E-state index in [0.717, 1.165) is 16.5 Å². The summed E-state index contributed by atoms with van der Waals surface area (Å²) in [5.74, 6) is 1.92. The van der Waals surface area contributed by atoms with Crippen LogP contribution < -0.4 is 9.47 Å². The van der Waals surface area contributed by atoms with Crippen molar-refractivity contribution in [2.45, 2.75) is 6.42 Å². The third-order valence-corrected chi connectivity index (χ3v) is 3.51. The van der Waals surface area contributed by atoms with Gasteiger partial charge in [-0.15, -0.1) is 0 Å². The molecule has 0 saturated heterocycles. The molecule has 3 aromatic rings. The van der Waals surface area contributed by atoms with E-state index in [9.17, 15) is 0 Å². The molecule has 22 heavy (non-hydrogen) atoms. The number of nitrogens with zero attached hydrogens (tertiary/aromatic N) is 2. The highest BCUT2D eigenvalue weighted by molar-refractivity contribution is 5.93. The molecule has 3 rings (SSSR count). The summed E-state index contributed by atoms with van der Waals surface area (Å²) in [7, 11) is 3.18. The standard InChI is InChI=1S/C17H14N2O3/c1-20-14-7-6-12(10-15(14)21-2)17-13-5-3-4-11(8-9-18)16(13)19-22-17/h3-7,10H,8H2,1-2H3. The van der Waals surface area contributed by atoms with E-state index >= 15 is 0 Å². The normalized spacial score (nSPS) is 10.4. The minimum atomic E-state index is 0.301.